The Morgan fingerprint density at radius 2 is 0.625 bits per heavy atom. The predicted octanol–water partition coefficient (Wildman–Crippen LogP) is 9.18. The van der Waals surface area contributed by atoms with E-state index in [1.807, 2.05) is 0 Å². The molecular weight excluding hydrogens is 384 g/mol. The average molecular weight is 415 g/mol. The molecule has 0 saturated carbocycles. The maximum atomic E-state index is 2.40. The van der Waals surface area contributed by atoms with Gasteiger partial charge in [-0.3, -0.25) is 0 Å². The highest BCUT2D eigenvalue weighted by Crippen LogP contribution is 2.45. The fraction of sp³-hybridized carbons (Fsp3) is 0.188. The van der Waals surface area contributed by atoms with Gasteiger partial charge in [0.25, 0.3) is 0 Å². The molecule has 0 nitrogen and oxygen atoms in total. The first-order chi connectivity index (χ1) is 15.3. The minimum Gasteiger partial charge on any atom is -0.0587 e. The SMILES string of the molecule is Cc1ccc(-c2c(-c3ccc(C)cc3)c3cc(C)c(C)cc3c3cc(C)c(C)cc23)cc1. The second kappa shape index (κ2) is 7.64. The maximum Gasteiger partial charge on any atom is -0.00202 e. The van der Waals surface area contributed by atoms with Crippen LogP contribution >= 0.6 is 0 Å². The quantitative estimate of drug-likeness (QED) is 0.253. The molecule has 0 unspecified atom stereocenters. The van der Waals surface area contributed by atoms with Crippen LogP contribution in [0.3, 0.4) is 0 Å². The lowest BCUT2D eigenvalue weighted by Gasteiger charge is -2.21. The maximum absolute atomic E-state index is 2.40. The monoisotopic (exact) mass is 414 g/mol. The summed E-state index contributed by atoms with van der Waals surface area (Å²) in [6.45, 7) is 13.2. The van der Waals surface area contributed by atoms with E-state index in [2.05, 4.69) is 114 Å². The molecule has 5 aromatic rings. The summed E-state index contributed by atoms with van der Waals surface area (Å²) in [7, 11) is 0. The number of benzene rings is 5. The van der Waals surface area contributed by atoms with Crippen molar-refractivity contribution in [3.05, 3.63) is 106 Å². The molecule has 0 amide bonds. The summed E-state index contributed by atoms with van der Waals surface area (Å²) in [5, 5.41) is 5.36. The summed E-state index contributed by atoms with van der Waals surface area (Å²) in [6, 6.07) is 27.6. The smallest absolute Gasteiger partial charge is 0.00202 e. The van der Waals surface area contributed by atoms with Crippen LogP contribution in [0, 0.1) is 41.5 Å². The summed E-state index contributed by atoms with van der Waals surface area (Å²) in [5.41, 5.74) is 13.2. The fourth-order valence-corrected chi connectivity index (χ4v) is 4.80. The molecule has 158 valence electrons. The molecule has 0 aliphatic heterocycles. The van der Waals surface area contributed by atoms with E-state index in [4.69, 9.17) is 0 Å². The first-order valence-corrected chi connectivity index (χ1v) is 11.5. The van der Waals surface area contributed by atoms with E-state index in [9.17, 15) is 0 Å². The second-order valence-electron chi connectivity index (χ2n) is 9.45. The highest BCUT2D eigenvalue weighted by atomic mass is 14.2. The van der Waals surface area contributed by atoms with Crippen LogP contribution in [-0.4, -0.2) is 0 Å². The van der Waals surface area contributed by atoms with Gasteiger partial charge in [-0.2, -0.15) is 0 Å². The molecule has 0 heterocycles. The van der Waals surface area contributed by atoms with Gasteiger partial charge in [0, 0.05) is 0 Å². The van der Waals surface area contributed by atoms with Crippen molar-refractivity contribution >= 4 is 21.5 Å². The zero-order chi connectivity index (χ0) is 22.6. The van der Waals surface area contributed by atoms with Crippen LogP contribution in [0.2, 0.25) is 0 Å². The van der Waals surface area contributed by atoms with Crippen molar-refractivity contribution in [2.45, 2.75) is 41.5 Å². The Kier molecular flexibility index (Phi) is 4.90. The van der Waals surface area contributed by atoms with Gasteiger partial charge < -0.3 is 0 Å². The molecule has 0 bridgehead atoms. The first-order valence-electron chi connectivity index (χ1n) is 11.5. The van der Waals surface area contributed by atoms with Gasteiger partial charge in [0.05, 0.1) is 0 Å². The van der Waals surface area contributed by atoms with E-state index in [1.54, 1.807) is 0 Å². The Morgan fingerprint density at radius 1 is 0.344 bits per heavy atom. The number of hydrogen-bond donors (Lipinski definition) is 0. The van der Waals surface area contributed by atoms with E-state index in [0.717, 1.165) is 0 Å². The molecule has 0 aromatic heterocycles. The lowest BCUT2D eigenvalue weighted by atomic mass is 9.82. The van der Waals surface area contributed by atoms with Gasteiger partial charge in [-0.25, -0.2) is 0 Å². The van der Waals surface area contributed by atoms with Gasteiger partial charge in [0.1, 0.15) is 0 Å². The molecule has 0 aliphatic carbocycles. The molecule has 0 aliphatic rings. The number of aryl methyl sites for hydroxylation is 6. The van der Waals surface area contributed by atoms with Crippen molar-refractivity contribution in [3.63, 3.8) is 0 Å². The normalized spacial score (nSPS) is 11.4. The van der Waals surface area contributed by atoms with Gasteiger partial charge >= 0.3 is 0 Å². The van der Waals surface area contributed by atoms with E-state index in [0.29, 0.717) is 0 Å². The van der Waals surface area contributed by atoms with Crippen molar-refractivity contribution < 1.29 is 0 Å². The Bertz CT molecular complexity index is 1360. The third kappa shape index (κ3) is 3.31. The summed E-state index contributed by atoms with van der Waals surface area (Å²) in [4.78, 5) is 0. The number of hydrogen-bond acceptors (Lipinski definition) is 0. The molecule has 5 rings (SSSR count). The van der Waals surface area contributed by atoms with Crippen LogP contribution in [0.5, 0.6) is 0 Å². The number of rotatable bonds is 2. The van der Waals surface area contributed by atoms with Crippen LogP contribution in [0.1, 0.15) is 33.4 Å². The van der Waals surface area contributed by atoms with Crippen LogP contribution in [-0.2, 0) is 0 Å². The Hall–Kier alpha value is -3.38. The molecule has 32 heavy (non-hydrogen) atoms. The summed E-state index contributed by atoms with van der Waals surface area (Å²) in [5.74, 6) is 0. The van der Waals surface area contributed by atoms with Crippen LogP contribution in [0.25, 0.3) is 43.8 Å². The van der Waals surface area contributed by atoms with Crippen molar-refractivity contribution in [2.24, 2.45) is 0 Å². The van der Waals surface area contributed by atoms with Crippen molar-refractivity contribution in [2.75, 3.05) is 0 Å². The van der Waals surface area contributed by atoms with E-state index in [-0.39, 0.29) is 0 Å². The summed E-state index contributed by atoms with van der Waals surface area (Å²) >= 11 is 0. The zero-order valence-corrected chi connectivity index (χ0v) is 19.9. The molecule has 0 radical (unpaired) electrons. The molecule has 0 atom stereocenters. The summed E-state index contributed by atoms with van der Waals surface area (Å²) < 4.78 is 0. The summed E-state index contributed by atoms with van der Waals surface area (Å²) in [6.07, 6.45) is 0. The largest absolute Gasteiger partial charge is 0.0587 e. The number of fused-ring (bicyclic) bond motifs is 3. The third-order valence-corrected chi connectivity index (χ3v) is 7.03. The Balaban J connectivity index is 2.07. The van der Waals surface area contributed by atoms with Gasteiger partial charge in [0.15, 0.2) is 0 Å². The highest BCUT2D eigenvalue weighted by Gasteiger charge is 2.19. The molecule has 0 spiro atoms. The van der Waals surface area contributed by atoms with Crippen molar-refractivity contribution in [3.8, 4) is 22.3 Å². The fourth-order valence-electron chi connectivity index (χ4n) is 4.80. The van der Waals surface area contributed by atoms with Crippen molar-refractivity contribution in [1.82, 2.24) is 0 Å². The highest BCUT2D eigenvalue weighted by molar-refractivity contribution is 6.22. The van der Waals surface area contributed by atoms with E-state index < -0.39 is 0 Å². The lowest BCUT2D eigenvalue weighted by molar-refractivity contribution is 1.36. The van der Waals surface area contributed by atoms with E-state index in [1.165, 1.54) is 77.2 Å². The second-order valence-corrected chi connectivity index (χ2v) is 9.45. The molecule has 0 heteroatoms. The minimum atomic E-state index is 1.28. The Labute approximate surface area is 191 Å². The van der Waals surface area contributed by atoms with Gasteiger partial charge in [-0.15, -0.1) is 0 Å². The zero-order valence-electron chi connectivity index (χ0n) is 19.9. The average Bonchev–Trinajstić information content (AvgIpc) is 2.77. The van der Waals surface area contributed by atoms with Crippen LogP contribution < -0.4 is 0 Å². The molecular formula is C32H30. The van der Waals surface area contributed by atoms with E-state index >= 15 is 0 Å². The standard InChI is InChI=1S/C32H30/c1-19-7-11-25(12-8-19)31-29-17-23(5)21(3)15-27(29)28-16-22(4)24(6)18-30(28)32(31)26-13-9-20(2)10-14-26/h7-18H,1-6H3. The first kappa shape index (κ1) is 20.5. The van der Waals surface area contributed by atoms with Gasteiger partial charge in [0.2, 0.25) is 0 Å². The van der Waals surface area contributed by atoms with Gasteiger partial charge in [-0.1, -0.05) is 83.9 Å². The molecule has 0 N–H and O–H groups in total. The van der Waals surface area contributed by atoms with Crippen LogP contribution in [0.4, 0.5) is 0 Å². The Morgan fingerprint density at radius 3 is 0.938 bits per heavy atom. The molecule has 0 saturated heterocycles. The molecule has 0 fully saturated rings. The van der Waals surface area contributed by atoms with Crippen LogP contribution in [0.15, 0.2) is 72.8 Å². The van der Waals surface area contributed by atoms with Crippen molar-refractivity contribution in [1.29, 1.82) is 0 Å². The third-order valence-electron chi connectivity index (χ3n) is 7.03. The predicted molar refractivity (Wildman–Crippen MR) is 141 cm³/mol. The minimum absolute atomic E-state index is 1.28. The molecule has 5 aromatic carbocycles. The topological polar surface area (TPSA) is 0 Å². The van der Waals surface area contributed by atoms with Gasteiger partial charge in [-0.05, 0) is 108 Å². The lowest BCUT2D eigenvalue weighted by Crippen LogP contribution is -1.95.